The number of nitrogens with zero attached hydrogens (tertiary/aromatic N) is 2. The largest absolute Gasteiger partial charge is 0.325 e. The van der Waals surface area contributed by atoms with Crippen LogP contribution in [0, 0.1) is 0 Å². The van der Waals surface area contributed by atoms with E-state index in [0.29, 0.717) is 32.5 Å². The number of likely N-dealkylation sites (N-methyl/N-ethyl adjacent to an activating group) is 1. The van der Waals surface area contributed by atoms with Crippen LogP contribution in [0.2, 0.25) is 10.0 Å². The molecular weight excluding hydrogens is 387 g/mol. The van der Waals surface area contributed by atoms with Gasteiger partial charge >= 0.3 is 0 Å². The number of para-hydroxylation sites is 1. The minimum atomic E-state index is -0.262. The molecule has 0 unspecified atom stereocenters. The number of aromatic nitrogens is 2. The van der Waals surface area contributed by atoms with E-state index in [1.165, 1.54) is 0 Å². The molecule has 2 N–H and O–H groups in total. The number of nitrogens with one attached hydrogen (secondary N) is 2. The van der Waals surface area contributed by atoms with Crippen LogP contribution in [-0.2, 0) is 4.79 Å². The Balaban J connectivity index is 1.71. The average Bonchev–Trinajstić information content (AvgIpc) is 2.64. The Kier molecular flexibility index (Phi) is 5.79. The average molecular weight is 405 g/mol. The highest BCUT2D eigenvalue weighted by Crippen LogP contribution is 2.25. The van der Waals surface area contributed by atoms with Crippen molar-refractivity contribution in [2.45, 2.75) is 13.0 Å². The molecule has 3 rings (SSSR count). The van der Waals surface area contributed by atoms with Crippen LogP contribution in [0.15, 0.2) is 47.3 Å². The van der Waals surface area contributed by atoms with Gasteiger partial charge < -0.3 is 10.3 Å². The van der Waals surface area contributed by atoms with Crippen LogP contribution in [0.4, 0.5) is 5.69 Å². The molecule has 0 aliphatic heterocycles. The standard InChI is InChI=1S/C19H18Cl2N4O2/c1-11(18-23-16-6-4-3-5-13(16)19(27)24-18)25(2)10-17(26)22-12-7-8-14(20)15(21)9-12/h3-9,11H,10H2,1-2H3,(H,22,26)(H,23,24,27)/t11-/m1/s1. The molecule has 0 saturated heterocycles. The van der Waals surface area contributed by atoms with Crippen LogP contribution >= 0.6 is 23.2 Å². The molecule has 2 aromatic carbocycles. The number of amides is 1. The smallest absolute Gasteiger partial charge is 0.258 e. The summed E-state index contributed by atoms with van der Waals surface area (Å²) in [5.74, 6) is 0.286. The number of H-pyrrole nitrogens is 1. The number of halogens is 2. The van der Waals surface area contributed by atoms with E-state index in [0.717, 1.165) is 0 Å². The van der Waals surface area contributed by atoms with E-state index in [9.17, 15) is 9.59 Å². The van der Waals surface area contributed by atoms with Gasteiger partial charge in [-0.15, -0.1) is 0 Å². The van der Waals surface area contributed by atoms with Gasteiger partial charge in [-0.1, -0.05) is 35.3 Å². The summed E-state index contributed by atoms with van der Waals surface area (Å²) in [5, 5.41) is 4.10. The van der Waals surface area contributed by atoms with Gasteiger partial charge in [0.25, 0.3) is 5.56 Å². The molecule has 0 spiro atoms. The van der Waals surface area contributed by atoms with E-state index in [1.54, 1.807) is 48.3 Å². The van der Waals surface area contributed by atoms with E-state index in [4.69, 9.17) is 23.2 Å². The van der Waals surface area contributed by atoms with Gasteiger partial charge in [0, 0.05) is 5.69 Å². The van der Waals surface area contributed by atoms with Crippen LogP contribution in [0.1, 0.15) is 18.8 Å². The minimum Gasteiger partial charge on any atom is -0.325 e. The Labute approximate surface area is 166 Å². The predicted octanol–water partition coefficient (Wildman–Crippen LogP) is 3.86. The van der Waals surface area contributed by atoms with Gasteiger partial charge in [0.2, 0.25) is 5.91 Å². The SMILES string of the molecule is C[C@H](c1nc2ccccc2c(=O)[nH]1)N(C)CC(=O)Nc1ccc(Cl)c(Cl)c1. The van der Waals surface area contributed by atoms with Gasteiger partial charge in [-0.05, 0) is 44.3 Å². The molecule has 1 atom stereocenters. The maximum Gasteiger partial charge on any atom is 0.258 e. The van der Waals surface area contributed by atoms with Crippen molar-refractivity contribution in [2.75, 3.05) is 18.9 Å². The number of rotatable bonds is 5. The summed E-state index contributed by atoms with van der Waals surface area (Å²) in [6, 6.07) is 11.8. The van der Waals surface area contributed by atoms with Gasteiger partial charge in [-0.25, -0.2) is 4.98 Å². The molecule has 0 bridgehead atoms. The Morgan fingerprint density at radius 3 is 2.70 bits per heavy atom. The summed E-state index contributed by atoms with van der Waals surface area (Å²) < 4.78 is 0. The highest BCUT2D eigenvalue weighted by Gasteiger charge is 2.18. The molecule has 1 amide bonds. The highest BCUT2D eigenvalue weighted by molar-refractivity contribution is 6.42. The molecule has 0 radical (unpaired) electrons. The fourth-order valence-electron chi connectivity index (χ4n) is 2.65. The lowest BCUT2D eigenvalue weighted by molar-refractivity contribution is -0.117. The van der Waals surface area contributed by atoms with E-state index in [2.05, 4.69) is 15.3 Å². The molecule has 0 aliphatic carbocycles. The number of benzene rings is 2. The Bertz CT molecular complexity index is 1050. The zero-order chi connectivity index (χ0) is 19.6. The maximum atomic E-state index is 12.3. The second kappa shape index (κ2) is 8.08. The molecule has 0 aliphatic rings. The summed E-state index contributed by atoms with van der Waals surface area (Å²) >= 11 is 11.8. The fourth-order valence-corrected chi connectivity index (χ4v) is 2.95. The summed E-state index contributed by atoms with van der Waals surface area (Å²) in [4.78, 5) is 33.6. The number of fused-ring (bicyclic) bond motifs is 1. The summed E-state index contributed by atoms with van der Waals surface area (Å²) in [6.07, 6.45) is 0. The number of aromatic amines is 1. The third-order valence-corrected chi connectivity index (χ3v) is 5.02. The first-order chi connectivity index (χ1) is 12.8. The van der Waals surface area contributed by atoms with Crippen molar-refractivity contribution in [3.8, 4) is 0 Å². The lowest BCUT2D eigenvalue weighted by Gasteiger charge is -2.23. The second-order valence-corrected chi connectivity index (χ2v) is 7.05. The number of hydrogen-bond acceptors (Lipinski definition) is 4. The topological polar surface area (TPSA) is 78.1 Å². The van der Waals surface area contributed by atoms with Crippen LogP contribution < -0.4 is 10.9 Å². The van der Waals surface area contributed by atoms with Crippen LogP contribution in [-0.4, -0.2) is 34.4 Å². The van der Waals surface area contributed by atoms with Gasteiger partial charge in [-0.2, -0.15) is 0 Å². The van der Waals surface area contributed by atoms with Crippen molar-refractivity contribution in [1.29, 1.82) is 0 Å². The van der Waals surface area contributed by atoms with Crippen molar-refractivity contribution in [1.82, 2.24) is 14.9 Å². The van der Waals surface area contributed by atoms with Gasteiger partial charge in [-0.3, -0.25) is 14.5 Å². The summed E-state index contributed by atoms with van der Waals surface area (Å²) in [5.41, 5.74) is 0.987. The molecule has 8 heteroatoms. The molecule has 1 heterocycles. The third-order valence-electron chi connectivity index (χ3n) is 4.28. The second-order valence-electron chi connectivity index (χ2n) is 6.24. The van der Waals surface area contributed by atoms with Crippen molar-refractivity contribution in [3.05, 3.63) is 68.7 Å². The lowest BCUT2D eigenvalue weighted by atomic mass is 10.2. The quantitative estimate of drug-likeness (QED) is 0.676. The number of carbonyl (C=O) groups is 1. The zero-order valence-corrected chi connectivity index (χ0v) is 16.3. The summed E-state index contributed by atoms with van der Waals surface area (Å²) in [7, 11) is 1.79. The molecule has 6 nitrogen and oxygen atoms in total. The van der Waals surface area contributed by atoms with Crippen LogP contribution in [0.3, 0.4) is 0 Å². The van der Waals surface area contributed by atoms with E-state index < -0.39 is 0 Å². The summed E-state index contributed by atoms with van der Waals surface area (Å²) in [6.45, 7) is 1.98. The van der Waals surface area contributed by atoms with E-state index in [-0.39, 0.29) is 24.1 Å². The fraction of sp³-hybridized carbons (Fsp3) is 0.211. The first-order valence-electron chi connectivity index (χ1n) is 8.29. The maximum absolute atomic E-state index is 12.3. The number of anilines is 1. The third kappa shape index (κ3) is 4.47. The molecule has 140 valence electrons. The molecule has 27 heavy (non-hydrogen) atoms. The zero-order valence-electron chi connectivity index (χ0n) is 14.8. The first kappa shape index (κ1) is 19.4. The van der Waals surface area contributed by atoms with Gasteiger partial charge in [0.05, 0.1) is 33.5 Å². The number of carbonyl (C=O) groups excluding carboxylic acids is 1. The first-order valence-corrected chi connectivity index (χ1v) is 9.05. The van der Waals surface area contributed by atoms with Crippen molar-refractivity contribution >= 4 is 45.7 Å². The molecule has 0 fully saturated rings. The predicted molar refractivity (Wildman–Crippen MR) is 109 cm³/mol. The normalized spacial score (nSPS) is 12.3. The van der Waals surface area contributed by atoms with E-state index >= 15 is 0 Å². The van der Waals surface area contributed by atoms with Crippen molar-refractivity contribution in [2.24, 2.45) is 0 Å². The Hall–Kier alpha value is -2.41. The highest BCUT2D eigenvalue weighted by atomic mass is 35.5. The molecule has 1 aromatic heterocycles. The molecule has 0 saturated carbocycles. The Morgan fingerprint density at radius 2 is 1.96 bits per heavy atom. The lowest BCUT2D eigenvalue weighted by Crippen LogP contribution is -2.33. The minimum absolute atomic E-state index is 0.109. The molecule has 3 aromatic rings. The van der Waals surface area contributed by atoms with Crippen LogP contribution in [0.25, 0.3) is 10.9 Å². The number of hydrogen-bond donors (Lipinski definition) is 2. The van der Waals surface area contributed by atoms with Crippen molar-refractivity contribution in [3.63, 3.8) is 0 Å². The van der Waals surface area contributed by atoms with Gasteiger partial charge in [0.15, 0.2) is 0 Å². The van der Waals surface area contributed by atoms with Crippen LogP contribution in [0.5, 0.6) is 0 Å². The monoisotopic (exact) mass is 404 g/mol. The van der Waals surface area contributed by atoms with Crippen molar-refractivity contribution < 1.29 is 4.79 Å². The Morgan fingerprint density at radius 1 is 1.22 bits per heavy atom. The van der Waals surface area contributed by atoms with Gasteiger partial charge in [0.1, 0.15) is 5.82 Å². The van der Waals surface area contributed by atoms with E-state index in [1.807, 2.05) is 13.0 Å². The molecular formula is C19H18Cl2N4O2.